The molecule has 0 N–H and O–H groups in total. The summed E-state index contributed by atoms with van der Waals surface area (Å²) in [5.41, 5.74) is 0. The van der Waals surface area contributed by atoms with E-state index < -0.39 is 0 Å². The summed E-state index contributed by atoms with van der Waals surface area (Å²) in [6, 6.07) is 0. The molecule has 0 fully saturated rings. The molecule has 0 heterocycles. The van der Waals surface area contributed by atoms with Crippen molar-refractivity contribution in [3.63, 3.8) is 0 Å². The van der Waals surface area contributed by atoms with Gasteiger partial charge in [0.1, 0.15) is 0 Å². The van der Waals surface area contributed by atoms with Crippen LogP contribution in [0.1, 0.15) is 93.9 Å². The van der Waals surface area contributed by atoms with Crippen LogP contribution in [0.3, 0.4) is 0 Å². The first-order chi connectivity index (χ1) is 9.33. The van der Waals surface area contributed by atoms with Crippen LogP contribution in [0.25, 0.3) is 0 Å². The van der Waals surface area contributed by atoms with E-state index in [1.807, 2.05) is 0 Å². The second kappa shape index (κ2) is 10.6. The van der Waals surface area contributed by atoms with Crippen LogP contribution in [0.15, 0.2) is 0 Å². The van der Waals surface area contributed by atoms with Crippen LogP contribution in [-0.4, -0.2) is 0 Å². The van der Waals surface area contributed by atoms with Gasteiger partial charge in [0.2, 0.25) is 0 Å². The van der Waals surface area contributed by atoms with Gasteiger partial charge in [-0.05, 0) is 42.4 Å². The zero-order valence-corrected chi connectivity index (χ0v) is 15.6. The normalized spacial score (nSPS) is 17.9. The maximum Gasteiger partial charge on any atom is 0.0925 e. The van der Waals surface area contributed by atoms with Crippen LogP contribution in [0.2, 0.25) is 0 Å². The van der Waals surface area contributed by atoms with Crippen LogP contribution in [0, 0.1) is 35.5 Å². The molecule has 4 atom stereocenters. The highest BCUT2D eigenvalue weighted by atomic mass is 14.3. The summed E-state index contributed by atoms with van der Waals surface area (Å²) in [6.07, 6.45) is 8.15. The summed E-state index contributed by atoms with van der Waals surface area (Å²) < 4.78 is 0. The lowest BCUT2D eigenvalue weighted by molar-refractivity contribution is 0.240. The predicted molar refractivity (Wildman–Crippen MR) is 93.8 cm³/mol. The summed E-state index contributed by atoms with van der Waals surface area (Å²) in [4.78, 5) is 0. The molecule has 0 heteroatoms. The highest BCUT2D eigenvalue weighted by Gasteiger charge is 2.23. The Morgan fingerprint density at radius 3 is 1.80 bits per heavy atom. The molecule has 0 nitrogen and oxygen atoms in total. The molecule has 0 rings (SSSR count). The third-order valence-electron chi connectivity index (χ3n) is 5.66. The molecule has 0 saturated heterocycles. The Labute approximate surface area is 130 Å². The molecule has 0 saturated carbocycles. The van der Waals surface area contributed by atoms with Gasteiger partial charge in [0.05, 0.1) is 25.7 Å². The van der Waals surface area contributed by atoms with Gasteiger partial charge < -0.3 is 0 Å². The first-order valence-corrected chi connectivity index (χ1v) is 9.14. The molecule has 0 aromatic rings. The Bertz CT molecular complexity index is 218. The average Bonchev–Trinajstić information content (AvgIpc) is 2.41. The molecule has 0 bridgehead atoms. The minimum Gasteiger partial charge on any atom is -0.0651 e. The molecule has 0 aliphatic heterocycles. The van der Waals surface area contributed by atoms with E-state index >= 15 is 0 Å². The van der Waals surface area contributed by atoms with E-state index in [0.29, 0.717) is 0 Å². The summed E-state index contributed by atoms with van der Waals surface area (Å²) >= 11 is 0. The monoisotopic (exact) mass is 281 g/mol. The predicted octanol–water partition coefficient (Wildman–Crippen LogP) is 7.14. The number of hydrogen-bond donors (Lipinski definition) is 0. The molecule has 20 heavy (non-hydrogen) atoms. The van der Waals surface area contributed by atoms with Crippen molar-refractivity contribution in [2.24, 2.45) is 29.6 Å². The van der Waals surface area contributed by atoms with Gasteiger partial charge in [0, 0.05) is 0 Å². The Morgan fingerprint density at radius 2 is 1.35 bits per heavy atom. The second-order valence-electron chi connectivity index (χ2n) is 7.71. The lowest BCUT2D eigenvalue weighted by Gasteiger charge is -2.26. The highest BCUT2D eigenvalue weighted by molar-refractivity contribution is 4.87. The Kier molecular flexibility index (Phi) is 10.5. The van der Waals surface area contributed by atoms with Gasteiger partial charge in [-0.25, -0.2) is 0 Å². The molecule has 0 spiro atoms. The van der Waals surface area contributed by atoms with E-state index in [1.165, 1.54) is 38.5 Å². The van der Waals surface area contributed by atoms with Crippen molar-refractivity contribution in [1.29, 1.82) is 0 Å². The molecule has 0 radical (unpaired) electrons. The third-order valence-corrected chi connectivity index (χ3v) is 5.66. The summed E-state index contributed by atoms with van der Waals surface area (Å²) in [5.74, 6) is 6.09. The minimum atomic E-state index is 0.837. The fraction of sp³-hybridized carbons (Fsp3) is 0.950. The second-order valence-corrected chi connectivity index (χ2v) is 7.71. The first kappa shape index (κ1) is 19.9. The third kappa shape index (κ3) is 7.60. The van der Waals surface area contributed by atoms with Crippen molar-refractivity contribution < 1.29 is 0 Å². The minimum absolute atomic E-state index is 0.837. The van der Waals surface area contributed by atoms with Crippen molar-refractivity contribution in [3.8, 4) is 0 Å². The molecule has 0 aromatic carbocycles. The molecule has 0 aliphatic carbocycles. The fourth-order valence-electron chi connectivity index (χ4n) is 3.47. The van der Waals surface area contributed by atoms with E-state index in [-0.39, 0.29) is 0 Å². The highest BCUT2D eigenvalue weighted by Crippen LogP contribution is 2.31. The van der Waals surface area contributed by atoms with Gasteiger partial charge >= 0.3 is 0 Å². The standard InChI is InChI=1S/C20H41/c1-9-17(6)19(8)14-16(5)12-11-13-20(15(3)4)18(7)10-2/h15,17-20H,9-14H2,1-8H3/q+1. The van der Waals surface area contributed by atoms with Crippen LogP contribution in [0.5, 0.6) is 0 Å². The Balaban J connectivity index is 4.02. The van der Waals surface area contributed by atoms with Gasteiger partial charge in [0.25, 0.3) is 0 Å². The molecule has 0 aromatic heterocycles. The molecular weight excluding hydrogens is 240 g/mol. The van der Waals surface area contributed by atoms with Gasteiger partial charge in [-0.3, -0.25) is 0 Å². The van der Waals surface area contributed by atoms with E-state index in [0.717, 1.165) is 29.6 Å². The van der Waals surface area contributed by atoms with Crippen molar-refractivity contribution in [2.75, 3.05) is 0 Å². The van der Waals surface area contributed by atoms with E-state index in [2.05, 4.69) is 55.4 Å². The molecule has 4 unspecified atom stereocenters. The van der Waals surface area contributed by atoms with Crippen LogP contribution < -0.4 is 0 Å². The van der Waals surface area contributed by atoms with Crippen LogP contribution >= 0.6 is 0 Å². The van der Waals surface area contributed by atoms with E-state index in [1.54, 1.807) is 5.92 Å². The van der Waals surface area contributed by atoms with E-state index in [9.17, 15) is 0 Å². The van der Waals surface area contributed by atoms with Crippen LogP contribution in [0.4, 0.5) is 0 Å². The Morgan fingerprint density at radius 1 is 0.800 bits per heavy atom. The molecule has 0 aliphatic rings. The largest absolute Gasteiger partial charge is 0.0925 e. The SMILES string of the molecule is CCC(C)C(C)C[C+](C)CCCC(C(C)C)C(C)CC. The number of rotatable bonds is 11. The Hall–Kier alpha value is -0.130. The fourth-order valence-corrected chi connectivity index (χ4v) is 3.47. The first-order valence-electron chi connectivity index (χ1n) is 9.14. The summed E-state index contributed by atoms with van der Waals surface area (Å²) in [6.45, 7) is 19.1. The molecule has 120 valence electrons. The number of hydrogen-bond acceptors (Lipinski definition) is 0. The quantitative estimate of drug-likeness (QED) is 0.353. The van der Waals surface area contributed by atoms with Gasteiger partial charge in [-0.15, -0.1) is 0 Å². The van der Waals surface area contributed by atoms with Crippen molar-refractivity contribution in [1.82, 2.24) is 0 Å². The van der Waals surface area contributed by atoms with Crippen molar-refractivity contribution >= 4 is 0 Å². The van der Waals surface area contributed by atoms with Gasteiger partial charge in [0.15, 0.2) is 0 Å². The van der Waals surface area contributed by atoms with Crippen molar-refractivity contribution in [3.05, 3.63) is 5.92 Å². The molecular formula is C20H41+. The summed E-state index contributed by atoms with van der Waals surface area (Å²) in [5, 5.41) is 0. The lowest BCUT2D eigenvalue weighted by Crippen LogP contribution is -2.18. The zero-order valence-electron chi connectivity index (χ0n) is 15.6. The average molecular weight is 282 g/mol. The van der Waals surface area contributed by atoms with Crippen LogP contribution in [-0.2, 0) is 0 Å². The lowest BCUT2D eigenvalue weighted by atomic mass is 9.78. The maximum absolute atomic E-state index is 2.44. The van der Waals surface area contributed by atoms with E-state index in [4.69, 9.17) is 0 Å². The van der Waals surface area contributed by atoms with Gasteiger partial charge in [-0.2, -0.15) is 0 Å². The molecule has 0 amide bonds. The summed E-state index contributed by atoms with van der Waals surface area (Å²) in [7, 11) is 0. The van der Waals surface area contributed by atoms with Gasteiger partial charge in [-0.1, -0.05) is 61.3 Å². The van der Waals surface area contributed by atoms with Crippen molar-refractivity contribution in [2.45, 2.75) is 93.9 Å². The topological polar surface area (TPSA) is 0 Å². The zero-order chi connectivity index (χ0) is 15.7. The smallest absolute Gasteiger partial charge is 0.0651 e. The maximum atomic E-state index is 2.44.